The fraction of sp³-hybridized carbons (Fsp3) is 0.556. The van der Waals surface area contributed by atoms with Gasteiger partial charge in [-0.3, -0.25) is 14.9 Å². The van der Waals surface area contributed by atoms with Gasteiger partial charge < -0.3 is 10.0 Å². The molecule has 134 valence electrons. The summed E-state index contributed by atoms with van der Waals surface area (Å²) in [5.74, 6) is -1.52. The molecule has 1 rings (SSSR count). The second-order valence-corrected chi connectivity index (χ2v) is 6.84. The van der Waals surface area contributed by atoms with E-state index in [9.17, 15) is 14.0 Å². The minimum absolute atomic E-state index is 0.0659. The molecule has 0 bridgehead atoms. The summed E-state index contributed by atoms with van der Waals surface area (Å²) in [6.45, 7) is 7.78. The zero-order valence-electron chi connectivity index (χ0n) is 14.8. The number of hydrogen-bond donors (Lipinski definition) is 2. The van der Waals surface area contributed by atoms with Crippen molar-refractivity contribution in [1.82, 2.24) is 10.2 Å². The topological polar surface area (TPSA) is 69.6 Å². The number of carboxylic acid groups (broad SMARTS) is 1. The number of nitrogens with zero attached hydrogens (tertiary/aromatic N) is 1. The molecule has 1 aromatic carbocycles. The van der Waals surface area contributed by atoms with E-state index in [1.54, 1.807) is 17.0 Å². The summed E-state index contributed by atoms with van der Waals surface area (Å²) in [6, 6.07) is 5.39. The first kappa shape index (κ1) is 20.1. The first-order valence-electron chi connectivity index (χ1n) is 8.16. The monoisotopic (exact) mass is 338 g/mol. The fourth-order valence-corrected chi connectivity index (χ4v) is 2.42. The van der Waals surface area contributed by atoms with E-state index in [-0.39, 0.29) is 24.8 Å². The number of benzene rings is 1. The number of halogens is 1. The maximum atomic E-state index is 13.4. The molecule has 1 aromatic rings. The summed E-state index contributed by atoms with van der Waals surface area (Å²) >= 11 is 0. The van der Waals surface area contributed by atoms with Crippen LogP contribution in [0, 0.1) is 5.82 Å². The lowest BCUT2D eigenvalue weighted by Gasteiger charge is -2.36. The fourth-order valence-electron chi connectivity index (χ4n) is 2.42. The Balaban J connectivity index is 2.81. The van der Waals surface area contributed by atoms with Crippen LogP contribution in [-0.4, -0.2) is 40.0 Å². The van der Waals surface area contributed by atoms with E-state index in [4.69, 9.17) is 5.11 Å². The van der Waals surface area contributed by atoms with Crippen LogP contribution < -0.4 is 5.32 Å². The number of hydrogen-bond acceptors (Lipinski definition) is 3. The summed E-state index contributed by atoms with van der Waals surface area (Å²) in [6.07, 6.45) is 1.17. The van der Waals surface area contributed by atoms with Gasteiger partial charge in [-0.1, -0.05) is 25.5 Å². The van der Waals surface area contributed by atoms with E-state index in [0.717, 1.165) is 0 Å². The molecule has 0 saturated carbocycles. The van der Waals surface area contributed by atoms with Gasteiger partial charge in [0.2, 0.25) is 5.91 Å². The average molecular weight is 338 g/mol. The largest absolute Gasteiger partial charge is 0.480 e. The van der Waals surface area contributed by atoms with E-state index in [0.29, 0.717) is 18.4 Å². The van der Waals surface area contributed by atoms with Crippen molar-refractivity contribution in [1.29, 1.82) is 0 Å². The zero-order valence-corrected chi connectivity index (χ0v) is 14.8. The maximum Gasteiger partial charge on any atom is 0.320 e. The summed E-state index contributed by atoms with van der Waals surface area (Å²) in [7, 11) is 0. The minimum Gasteiger partial charge on any atom is -0.480 e. The molecule has 5 nitrogen and oxygen atoms in total. The molecular weight excluding hydrogens is 311 g/mol. The maximum absolute atomic E-state index is 13.4. The van der Waals surface area contributed by atoms with Crippen LogP contribution in [0.4, 0.5) is 4.39 Å². The van der Waals surface area contributed by atoms with Crippen molar-refractivity contribution in [3.63, 3.8) is 0 Å². The molecule has 0 aliphatic carbocycles. The highest BCUT2D eigenvalue weighted by molar-refractivity contribution is 5.80. The number of amides is 1. The lowest BCUT2D eigenvalue weighted by Crippen LogP contribution is -2.50. The van der Waals surface area contributed by atoms with Crippen LogP contribution in [0.3, 0.4) is 0 Å². The van der Waals surface area contributed by atoms with Gasteiger partial charge in [0.1, 0.15) is 11.9 Å². The molecule has 0 aliphatic heterocycles. The predicted octanol–water partition coefficient (Wildman–Crippen LogP) is 2.80. The van der Waals surface area contributed by atoms with Crippen LogP contribution in [-0.2, 0) is 16.1 Å². The predicted molar refractivity (Wildman–Crippen MR) is 91.0 cm³/mol. The number of aliphatic carboxylic acids is 1. The molecule has 1 atom stereocenters. The third-order valence-corrected chi connectivity index (χ3v) is 3.72. The van der Waals surface area contributed by atoms with Crippen molar-refractivity contribution >= 4 is 11.9 Å². The van der Waals surface area contributed by atoms with Crippen LogP contribution in [0.5, 0.6) is 0 Å². The highest BCUT2D eigenvalue weighted by Crippen LogP contribution is 2.18. The van der Waals surface area contributed by atoms with Crippen molar-refractivity contribution in [2.75, 3.05) is 6.54 Å². The van der Waals surface area contributed by atoms with Crippen molar-refractivity contribution in [3.05, 3.63) is 35.6 Å². The quantitative estimate of drug-likeness (QED) is 0.765. The summed E-state index contributed by atoms with van der Waals surface area (Å²) in [5, 5.41) is 12.0. The Morgan fingerprint density at radius 2 is 2.00 bits per heavy atom. The smallest absolute Gasteiger partial charge is 0.320 e. The highest BCUT2D eigenvalue weighted by Gasteiger charge is 2.27. The zero-order chi connectivity index (χ0) is 18.3. The number of rotatable bonds is 8. The van der Waals surface area contributed by atoms with E-state index in [2.05, 4.69) is 5.32 Å². The Morgan fingerprint density at radius 1 is 1.33 bits per heavy atom. The third kappa shape index (κ3) is 6.28. The Hall–Kier alpha value is -1.95. The molecule has 0 fully saturated rings. The minimum atomic E-state index is -0.961. The molecule has 0 heterocycles. The number of nitrogens with one attached hydrogen (secondary N) is 1. The molecule has 0 spiro atoms. The van der Waals surface area contributed by atoms with Crippen LogP contribution in [0.2, 0.25) is 0 Å². The van der Waals surface area contributed by atoms with E-state index in [1.807, 2.05) is 27.7 Å². The van der Waals surface area contributed by atoms with Gasteiger partial charge in [0, 0.05) is 12.1 Å². The summed E-state index contributed by atoms with van der Waals surface area (Å²) < 4.78 is 13.4. The molecule has 2 N–H and O–H groups in total. The van der Waals surface area contributed by atoms with Gasteiger partial charge in [-0.25, -0.2) is 4.39 Å². The van der Waals surface area contributed by atoms with Crippen molar-refractivity contribution in [2.45, 2.75) is 58.7 Å². The second kappa shape index (κ2) is 8.78. The van der Waals surface area contributed by atoms with Gasteiger partial charge >= 0.3 is 5.97 Å². The Morgan fingerprint density at radius 3 is 2.50 bits per heavy atom. The third-order valence-electron chi connectivity index (χ3n) is 3.72. The van der Waals surface area contributed by atoms with E-state index in [1.165, 1.54) is 12.1 Å². The molecule has 24 heavy (non-hydrogen) atoms. The van der Waals surface area contributed by atoms with Crippen LogP contribution >= 0.6 is 0 Å². The average Bonchev–Trinajstić information content (AvgIpc) is 2.47. The Kier molecular flexibility index (Phi) is 7.35. The molecular formula is C18H27FN2O3. The molecule has 0 saturated heterocycles. The first-order chi connectivity index (χ1) is 11.1. The highest BCUT2D eigenvalue weighted by atomic mass is 19.1. The van der Waals surface area contributed by atoms with Crippen LogP contribution in [0.25, 0.3) is 0 Å². The van der Waals surface area contributed by atoms with Crippen molar-refractivity contribution in [2.24, 2.45) is 0 Å². The summed E-state index contributed by atoms with van der Waals surface area (Å²) in [5.41, 5.74) is 0.232. The Bertz CT molecular complexity index is 570. The van der Waals surface area contributed by atoms with Crippen LogP contribution in [0.15, 0.2) is 24.3 Å². The normalized spacial score (nSPS) is 12.7. The molecule has 6 heteroatoms. The number of carbonyl (C=O) groups excluding carboxylic acids is 1. The number of carbonyl (C=O) groups is 2. The molecule has 0 radical (unpaired) electrons. The molecule has 0 aromatic heterocycles. The van der Waals surface area contributed by atoms with Crippen molar-refractivity contribution < 1.29 is 19.1 Å². The van der Waals surface area contributed by atoms with Gasteiger partial charge in [0.15, 0.2) is 0 Å². The molecule has 0 aliphatic rings. The van der Waals surface area contributed by atoms with E-state index < -0.39 is 17.6 Å². The second-order valence-electron chi connectivity index (χ2n) is 6.84. The van der Waals surface area contributed by atoms with Gasteiger partial charge in [-0.05, 0) is 44.9 Å². The van der Waals surface area contributed by atoms with Gasteiger partial charge in [0.25, 0.3) is 0 Å². The Labute approximate surface area is 142 Å². The SMILES string of the molecule is CCCC(NCC(=O)N(Cc1cccc(F)c1)C(C)(C)C)C(=O)O. The lowest BCUT2D eigenvalue weighted by molar-refractivity contribution is -0.140. The summed E-state index contributed by atoms with van der Waals surface area (Å²) in [4.78, 5) is 25.4. The first-order valence-corrected chi connectivity index (χ1v) is 8.16. The standard InChI is InChI=1S/C18H27FN2O3/c1-5-7-15(17(23)24)20-11-16(22)21(18(2,3)4)12-13-8-6-9-14(19)10-13/h6,8-10,15,20H,5,7,11-12H2,1-4H3,(H,23,24). The van der Waals surface area contributed by atoms with Gasteiger partial charge in [-0.15, -0.1) is 0 Å². The molecule has 1 unspecified atom stereocenters. The van der Waals surface area contributed by atoms with Crippen molar-refractivity contribution in [3.8, 4) is 0 Å². The van der Waals surface area contributed by atoms with Gasteiger partial charge in [-0.2, -0.15) is 0 Å². The van der Waals surface area contributed by atoms with Gasteiger partial charge in [0.05, 0.1) is 6.54 Å². The van der Waals surface area contributed by atoms with Crippen LogP contribution in [0.1, 0.15) is 46.1 Å². The van der Waals surface area contributed by atoms with E-state index >= 15 is 0 Å². The molecule has 1 amide bonds. The lowest BCUT2D eigenvalue weighted by atomic mass is 10.0. The number of carboxylic acids is 1.